The summed E-state index contributed by atoms with van der Waals surface area (Å²) >= 11 is 0. The third kappa shape index (κ3) is 8.84. The fourth-order valence-electron chi connectivity index (χ4n) is 3.75. The van der Waals surface area contributed by atoms with Crippen LogP contribution < -0.4 is 10.6 Å². The maximum Gasteiger partial charge on any atom is 0.251 e. The Morgan fingerprint density at radius 3 is 2.00 bits per heavy atom. The number of nitrogens with one attached hydrogen (secondary N) is 2. The molecule has 1 aliphatic rings. The summed E-state index contributed by atoms with van der Waals surface area (Å²) in [4.78, 5) is 40.7. The van der Waals surface area contributed by atoms with E-state index in [1.165, 1.54) is 6.92 Å². The van der Waals surface area contributed by atoms with Crippen molar-refractivity contribution < 1.29 is 24.6 Å². The molecule has 0 saturated carbocycles. The Labute approximate surface area is 222 Å². The lowest BCUT2D eigenvalue weighted by Crippen LogP contribution is -2.48. The Kier molecular flexibility index (Phi) is 10.6. The van der Waals surface area contributed by atoms with E-state index in [4.69, 9.17) is 5.11 Å². The summed E-state index contributed by atoms with van der Waals surface area (Å²) in [5.74, 6) is 10.2. The monoisotopic (exact) mass is 516 g/mol. The van der Waals surface area contributed by atoms with Crippen molar-refractivity contribution in [2.75, 3.05) is 51.7 Å². The molecule has 9 heteroatoms. The summed E-state index contributed by atoms with van der Waals surface area (Å²) in [6.45, 7) is 4.67. The van der Waals surface area contributed by atoms with Gasteiger partial charge in [0.15, 0.2) is 5.78 Å². The van der Waals surface area contributed by atoms with E-state index in [0.717, 1.165) is 31.7 Å². The van der Waals surface area contributed by atoms with Gasteiger partial charge in [-0.25, -0.2) is 0 Å². The van der Waals surface area contributed by atoms with Crippen molar-refractivity contribution in [3.8, 4) is 23.7 Å². The van der Waals surface area contributed by atoms with Crippen molar-refractivity contribution in [2.45, 2.75) is 19.1 Å². The summed E-state index contributed by atoms with van der Waals surface area (Å²) < 4.78 is 0. The van der Waals surface area contributed by atoms with Gasteiger partial charge in [0.25, 0.3) is 5.91 Å². The molecule has 198 valence electrons. The van der Waals surface area contributed by atoms with Crippen molar-refractivity contribution in [1.82, 2.24) is 15.1 Å². The first-order chi connectivity index (χ1) is 18.2. The number of nitrogens with zero attached hydrogens (tertiary/aromatic N) is 2. The Morgan fingerprint density at radius 1 is 0.921 bits per heavy atom. The predicted molar refractivity (Wildman–Crippen MR) is 144 cm³/mol. The van der Waals surface area contributed by atoms with Gasteiger partial charge in [0.05, 0.1) is 12.6 Å². The predicted octanol–water partition coefficient (Wildman–Crippen LogP) is 0.316. The topological polar surface area (TPSA) is 122 Å². The minimum Gasteiger partial charge on any atom is -0.391 e. The van der Waals surface area contributed by atoms with Crippen LogP contribution in [0.2, 0.25) is 0 Å². The van der Waals surface area contributed by atoms with Crippen LogP contribution in [0.25, 0.3) is 0 Å². The molecule has 2 aromatic carbocycles. The number of hydrogen-bond donors (Lipinski definition) is 4. The first-order valence-corrected chi connectivity index (χ1v) is 12.3. The largest absolute Gasteiger partial charge is 0.391 e. The Hall–Kier alpha value is -3.99. The third-order valence-electron chi connectivity index (χ3n) is 6.03. The lowest BCUT2D eigenvalue weighted by Gasteiger charge is -2.31. The first-order valence-electron chi connectivity index (χ1n) is 12.3. The summed E-state index contributed by atoms with van der Waals surface area (Å²) in [5.41, 5.74) is 2.40. The second-order valence-corrected chi connectivity index (χ2v) is 9.10. The third-order valence-corrected chi connectivity index (χ3v) is 6.03. The molecule has 0 aliphatic carbocycles. The average molecular weight is 517 g/mol. The molecule has 1 fully saturated rings. The van der Waals surface area contributed by atoms with E-state index in [2.05, 4.69) is 51.2 Å². The zero-order valence-electron chi connectivity index (χ0n) is 21.5. The Morgan fingerprint density at radius 2 is 1.47 bits per heavy atom. The number of likely N-dealkylation sites (N-methyl/N-ethyl adjacent to an activating group) is 1. The number of rotatable bonds is 8. The standard InChI is InChI=1S/C29H32N4O5/c1-21(35)28(26(36)20-34)31-29(38)24-11-7-22(8-12-24)5-3-4-6-23-9-13-25(14-10-23)30-27(37)19-33-17-15-32(2)16-18-33/h7-14,21,28,34-35H,15-20H2,1-2H3,(H,30,37)(H,31,38)/t21-,28+/m1/s1. The van der Waals surface area contributed by atoms with Crippen LogP contribution in [0.4, 0.5) is 5.69 Å². The Bertz CT molecular complexity index is 1240. The smallest absolute Gasteiger partial charge is 0.251 e. The lowest BCUT2D eigenvalue weighted by atomic mass is 10.1. The molecule has 9 nitrogen and oxygen atoms in total. The molecule has 38 heavy (non-hydrogen) atoms. The van der Waals surface area contributed by atoms with Crippen LogP contribution in [-0.2, 0) is 9.59 Å². The molecule has 0 radical (unpaired) electrons. The highest BCUT2D eigenvalue weighted by molar-refractivity contribution is 5.98. The first kappa shape index (κ1) is 28.6. The summed E-state index contributed by atoms with van der Waals surface area (Å²) in [5, 5.41) is 24.0. The molecule has 1 aliphatic heterocycles. The van der Waals surface area contributed by atoms with E-state index in [0.29, 0.717) is 17.8 Å². The average Bonchev–Trinajstić information content (AvgIpc) is 2.91. The zero-order chi connectivity index (χ0) is 27.5. The minimum absolute atomic E-state index is 0.0378. The van der Waals surface area contributed by atoms with Crippen LogP contribution in [0.5, 0.6) is 0 Å². The van der Waals surface area contributed by atoms with Crippen LogP contribution >= 0.6 is 0 Å². The van der Waals surface area contributed by atoms with E-state index >= 15 is 0 Å². The second kappa shape index (κ2) is 14.1. The molecule has 2 aromatic rings. The van der Waals surface area contributed by atoms with Crippen molar-refractivity contribution in [3.05, 3.63) is 65.2 Å². The lowest BCUT2D eigenvalue weighted by molar-refractivity contribution is -0.126. The van der Waals surface area contributed by atoms with Gasteiger partial charge in [-0.05, 0) is 74.3 Å². The molecule has 0 spiro atoms. The van der Waals surface area contributed by atoms with Crippen LogP contribution in [0.1, 0.15) is 28.4 Å². The van der Waals surface area contributed by atoms with Crippen LogP contribution in [0.15, 0.2) is 48.5 Å². The normalized spacial score (nSPS) is 15.2. The summed E-state index contributed by atoms with van der Waals surface area (Å²) in [6.07, 6.45) is -1.13. The quantitative estimate of drug-likeness (QED) is 0.373. The number of carbonyl (C=O) groups is 3. The highest BCUT2D eigenvalue weighted by Crippen LogP contribution is 2.10. The number of piperazine rings is 1. The van der Waals surface area contributed by atoms with E-state index < -0.39 is 30.4 Å². The van der Waals surface area contributed by atoms with Gasteiger partial charge in [-0.2, -0.15) is 0 Å². The molecule has 4 N–H and O–H groups in total. The number of hydrogen-bond acceptors (Lipinski definition) is 7. The molecule has 2 atom stereocenters. The van der Waals surface area contributed by atoms with E-state index in [9.17, 15) is 19.5 Å². The van der Waals surface area contributed by atoms with Gasteiger partial charge in [0.2, 0.25) is 5.91 Å². The Balaban J connectivity index is 1.50. The molecule has 0 unspecified atom stereocenters. The molecule has 2 amide bonds. The maximum atomic E-state index is 12.4. The fraction of sp³-hybridized carbons (Fsp3) is 0.345. The molecule has 1 saturated heterocycles. The van der Waals surface area contributed by atoms with E-state index in [1.807, 2.05) is 12.1 Å². The number of aliphatic hydroxyl groups is 2. The van der Waals surface area contributed by atoms with Gasteiger partial charge in [-0.3, -0.25) is 19.3 Å². The number of anilines is 1. The molecule has 0 bridgehead atoms. The summed E-state index contributed by atoms with van der Waals surface area (Å²) in [6, 6.07) is 12.4. The van der Waals surface area contributed by atoms with Crippen molar-refractivity contribution in [2.24, 2.45) is 0 Å². The summed E-state index contributed by atoms with van der Waals surface area (Å²) in [7, 11) is 2.08. The van der Waals surface area contributed by atoms with Gasteiger partial charge in [-0.15, -0.1) is 0 Å². The highest BCUT2D eigenvalue weighted by Gasteiger charge is 2.25. The van der Waals surface area contributed by atoms with Crippen LogP contribution in [0, 0.1) is 23.7 Å². The molecular formula is C29H32N4O5. The van der Waals surface area contributed by atoms with Gasteiger partial charge >= 0.3 is 0 Å². The van der Waals surface area contributed by atoms with E-state index in [-0.39, 0.29) is 11.5 Å². The number of benzene rings is 2. The number of carbonyl (C=O) groups excluding carboxylic acids is 3. The molecular weight excluding hydrogens is 484 g/mol. The fourth-order valence-corrected chi connectivity index (χ4v) is 3.75. The van der Waals surface area contributed by atoms with Gasteiger partial charge in [-0.1, -0.05) is 11.8 Å². The van der Waals surface area contributed by atoms with Crippen molar-refractivity contribution >= 4 is 23.3 Å². The van der Waals surface area contributed by atoms with E-state index in [1.54, 1.807) is 36.4 Å². The maximum absolute atomic E-state index is 12.4. The molecule has 1 heterocycles. The number of aliphatic hydroxyl groups excluding tert-OH is 2. The molecule has 3 rings (SSSR count). The van der Waals surface area contributed by atoms with Crippen LogP contribution in [-0.4, -0.2) is 96.1 Å². The number of ketones is 1. The molecule has 0 aromatic heterocycles. The minimum atomic E-state index is -1.19. The van der Waals surface area contributed by atoms with Gasteiger partial charge in [0, 0.05) is 48.6 Å². The number of amides is 2. The number of Topliss-reactive ketones (excluding diaryl/α,β-unsaturated/α-hetero) is 1. The van der Waals surface area contributed by atoms with Gasteiger partial charge < -0.3 is 25.7 Å². The van der Waals surface area contributed by atoms with Crippen LogP contribution in [0.3, 0.4) is 0 Å². The van der Waals surface area contributed by atoms with Crippen molar-refractivity contribution in [3.63, 3.8) is 0 Å². The highest BCUT2D eigenvalue weighted by atomic mass is 16.3. The SMILES string of the molecule is C[C@@H](O)[C@H](NC(=O)c1ccc(C#CC#Cc2ccc(NC(=O)CN3CCN(C)CC3)cc2)cc1)C(=O)CO. The van der Waals surface area contributed by atoms with Gasteiger partial charge in [0.1, 0.15) is 12.6 Å². The van der Waals surface area contributed by atoms with Crippen molar-refractivity contribution in [1.29, 1.82) is 0 Å². The second-order valence-electron chi connectivity index (χ2n) is 9.10. The zero-order valence-corrected chi connectivity index (χ0v) is 21.5.